The predicted octanol–water partition coefficient (Wildman–Crippen LogP) is 3.29. The number of aryl methyl sites for hydroxylation is 1. The molecule has 1 heterocycles. The summed E-state index contributed by atoms with van der Waals surface area (Å²) < 4.78 is 0. The topological polar surface area (TPSA) is 58.9 Å². The summed E-state index contributed by atoms with van der Waals surface area (Å²) in [6, 6.07) is 15.1. The average Bonchev–Trinajstić information content (AvgIpc) is 2.77. The molecule has 94 valence electrons. The molecule has 0 saturated carbocycles. The molecule has 0 amide bonds. The van der Waals surface area contributed by atoms with Crippen molar-refractivity contribution in [1.29, 1.82) is 0 Å². The Morgan fingerprint density at radius 3 is 2.42 bits per heavy atom. The lowest BCUT2D eigenvalue weighted by Crippen LogP contribution is -2.04. The molecule has 0 aliphatic rings. The van der Waals surface area contributed by atoms with E-state index in [1.165, 1.54) is 0 Å². The number of rotatable bonds is 2. The number of hydrogen-bond donors (Lipinski definition) is 2. The molecule has 0 unspecified atom stereocenters. The fourth-order valence-electron chi connectivity index (χ4n) is 2.19. The van der Waals surface area contributed by atoms with E-state index in [-0.39, 0.29) is 5.78 Å². The van der Waals surface area contributed by atoms with Crippen molar-refractivity contribution in [1.82, 2.24) is 4.98 Å². The molecule has 0 aliphatic carbocycles. The number of carbonyl (C=O) groups is 1. The first-order chi connectivity index (χ1) is 9.16. The van der Waals surface area contributed by atoms with Gasteiger partial charge < -0.3 is 10.7 Å². The molecular weight excluding hydrogens is 236 g/mol. The van der Waals surface area contributed by atoms with Gasteiger partial charge in [-0.05, 0) is 13.0 Å². The zero-order valence-corrected chi connectivity index (χ0v) is 10.6. The number of aromatic amines is 1. The molecule has 3 heteroatoms. The minimum atomic E-state index is -0.0753. The monoisotopic (exact) mass is 250 g/mol. The van der Waals surface area contributed by atoms with Gasteiger partial charge in [-0.25, -0.2) is 0 Å². The van der Waals surface area contributed by atoms with Gasteiger partial charge in [0.05, 0.1) is 5.69 Å². The van der Waals surface area contributed by atoms with Crippen molar-refractivity contribution in [3.63, 3.8) is 0 Å². The number of nitrogen functional groups attached to an aromatic ring is 1. The Morgan fingerprint density at radius 2 is 1.74 bits per heavy atom. The van der Waals surface area contributed by atoms with E-state index in [9.17, 15) is 4.79 Å². The Morgan fingerprint density at radius 1 is 1.05 bits per heavy atom. The van der Waals surface area contributed by atoms with Gasteiger partial charge in [0, 0.05) is 16.5 Å². The molecule has 0 spiro atoms. The highest BCUT2D eigenvalue weighted by atomic mass is 16.1. The van der Waals surface area contributed by atoms with Gasteiger partial charge in [-0.15, -0.1) is 0 Å². The van der Waals surface area contributed by atoms with E-state index in [1.807, 2.05) is 55.5 Å². The summed E-state index contributed by atoms with van der Waals surface area (Å²) in [6.45, 7) is 1.99. The number of nitrogens with two attached hydrogens (primary N) is 1. The summed E-state index contributed by atoms with van der Waals surface area (Å²) in [6.07, 6.45) is 0. The van der Waals surface area contributed by atoms with Gasteiger partial charge in [0.2, 0.25) is 5.78 Å². The smallest absolute Gasteiger partial charge is 0.211 e. The zero-order valence-electron chi connectivity index (χ0n) is 10.6. The second-order valence-electron chi connectivity index (χ2n) is 4.65. The number of anilines is 1. The minimum absolute atomic E-state index is 0.0753. The third-order valence-electron chi connectivity index (χ3n) is 3.29. The first kappa shape index (κ1) is 11.5. The van der Waals surface area contributed by atoms with Crippen LogP contribution in [0.2, 0.25) is 0 Å². The van der Waals surface area contributed by atoms with Crippen LogP contribution in [-0.2, 0) is 0 Å². The van der Waals surface area contributed by atoms with Crippen LogP contribution in [0.25, 0.3) is 10.9 Å². The van der Waals surface area contributed by atoms with Gasteiger partial charge in [0.1, 0.15) is 5.69 Å². The number of hydrogen-bond acceptors (Lipinski definition) is 2. The van der Waals surface area contributed by atoms with Crippen molar-refractivity contribution in [3.05, 3.63) is 65.4 Å². The highest BCUT2D eigenvalue weighted by Crippen LogP contribution is 2.26. The lowest BCUT2D eigenvalue weighted by Gasteiger charge is -2.01. The summed E-state index contributed by atoms with van der Waals surface area (Å²) in [5.41, 5.74) is 9.69. The Kier molecular flexibility index (Phi) is 2.60. The molecule has 0 radical (unpaired) electrons. The normalized spacial score (nSPS) is 10.8. The molecule has 0 fully saturated rings. The van der Waals surface area contributed by atoms with Gasteiger partial charge in [-0.1, -0.05) is 48.0 Å². The molecule has 0 aliphatic heterocycles. The van der Waals surface area contributed by atoms with Crippen LogP contribution in [0.3, 0.4) is 0 Å². The summed E-state index contributed by atoms with van der Waals surface area (Å²) in [5.74, 6) is -0.0753. The number of para-hydroxylation sites is 1. The highest BCUT2D eigenvalue weighted by Gasteiger charge is 2.16. The van der Waals surface area contributed by atoms with Crippen LogP contribution in [0.15, 0.2) is 48.5 Å². The fraction of sp³-hybridized carbons (Fsp3) is 0.0625. The third-order valence-corrected chi connectivity index (χ3v) is 3.29. The van der Waals surface area contributed by atoms with E-state index in [2.05, 4.69) is 4.98 Å². The van der Waals surface area contributed by atoms with E-state index < -0.39 is 0 Å². The molecule has 0 saturated heterocycles. The van der Waals surface area contributed by atoms with E-state index in [1.54, 1.807) is 0 Å². The Bertz CT molecular complexity index is 754. The van der Waals surface area contributed by atoms with Crippen molar-refractivity contribution in [2.24, 2.45) is 0 Å². The van der Waals surface area contributed by atoms with Crippen LogP contribution in [0.1, 0.15) is 21.6 Å². The summed E-state index contributed by atoms with van der Waals surface area (Å²) in [4.78, 5) is 15.5. The lowest BCUT2D eigenvalue weighted by molar-refractivity contribution is 0.103. The number of H-pyrrole nitrogens is 1. The molecular formula is C16H14N2O. The predicted molar refractivity (Wildman–Crippen MR) is 77.3 cm³/mol. The number of fused-ring (bicyclic) bond motifs is 1. The Labute approximate surface area is 111 Å². The molecule has 3 nitrogen and oxygen atoms in total. The zero-order chi connectivity index (χ0) is 13.4. The van der Waals surface area contributed by atoms with E-state index in [0.29, 0.717) is 16.9 Å². The molecule has 0 bridgehead atoms. The number of nitrogens with one attached hydrogen (secondary N) is 1. The van der Waals surface area contributed by atoms with Crippen molar-refractivity contribution in [3.8, 4) is 0 Å². The van der Waals surface area contributed by atoms with Gasteiger partial charge in [-0.3, -0.25) is 4.79 Å². The lowest BCUT2D eigenvalue weighted by atomic mass is 10.1. The molecule has 0 atom stereocenters. The average molecular weight is 250 g/mol. The highest BCUT2D eigenvalue weighted by molar-refractivity contribution is 6.15. The second kappa shape index (κ2) is 4.28. The number of carbonyl (C=O) groups excluding carboxylic acids is 1. The number of aromatic nitrogens is 1. The molecule has 3 N–H and O–H groups in total. The first-order valence-corrected chi connectivity index (χ1v) is 6.14. The van der Waals surface area contributed by atoms with E-state index in [0.717, 1.165) is 16.5 Å². The summed E-state index contributed by atoms with van der Waals surface area (Å²) in [5, 5.41) is 0.887. The van der Waals surface area contributed by atoms with Crippen LogP contribution in [0.5, 0.6) is 0 Å². The number of benzene rings is 2. The van der Waals surface area contributed by atoms with E-state index in [4.69, 9.17) is 5.73 Å². The SMILES string of the molecule is Cc1ccc(C(=O)c2[nH]c3ccccc3c2N)cc1. The van der Waals surface area contributed by atoms with Crippen LogP contribution in [-0.4, -0.2) is 10.8 Å². The van der Waals surface area contributed by atoms with Crippen LogP contribution < -0.4 is 5.73 Å². The van der Waals surface area contributed by atoms with Crippen molar-refractivity contribution in [2.45, 2.75) is 6.92 Å². The van der Waals surface area contributed by atoms with Crippen LogP contribution >= 0.6 is 0 Å². The quantitative estimate of drug-likeness (QED) is 0.686. The molecule has 1 aromatic heterocycles. The first-order valence-electron chi connectivity index (χ1n) is 6.14. The molecule has 2 aromatic carbocycles. The molecule has 19 heavy (non-hydrogen) atoms. The van der Waals surface area contributed by atoms with E-state index >= 15 is 0 Å². The van der Waals surface area contributed by atoms with Crippen molar-refractivity contribution in [2.75, 3.05) is 5.73 Å². The maximum absolute atomic E-state index is 12.4. The van der Waals surface area contributed by atoms with Crippen LogP contribution in [0.4, 0.5) is 5.69 Å². The van der Waals surface area contributed by atoms with Crippen LogP contribution in [0, 0.1) is 6.92 Å². The van der Waals surface area contributed by atoms with Gasteiger partial charge in [0.15, 0.2) is 0 Å². The third kappa shape index (κ3) is 1.89. The Balaban J connectivity index is 2.11. The number of ketones is 1. The van der Waals surface area contributed by atoms with Gasteiger partial charge in [0.25, 0.3) is 0 Å². The molecule has 3 rings (SSSR count). The second-order valence-corrected chi connectivity index (χ2v) is 4.65. The maximum atomic E-state index is 12.4. The van der Waals surface area contributed by atoms with Gasteiger partial charge in [-0.2, -0.15) is 0 Å². The van der Waals surface area contributed by atoms with Crippen molar-refractivity contribution >= 4 is 22.4 Å². The summed E-state index contributed by atoms with van der Waals surface area (Å²) >= 11 is 0. The largest absolute Gasteiger partial charge is 0.396 e. The minimum Gasteiger partial charge on any atom is -0.396 e. The van der Waals surface area contributed by atoms with Gasteiger partial charge >= 0.3 is 0 Å². The standard InChI is InChI=1S/C16H14N2O/c1-10-6-8-11(9-7-10)16(19)15-14(17)12-4-2-3-5-13(12)18-15/h2-9,18H,17H2,1H3. The van der Waals surface area contributed by atoms with Crippen molar-refractivity contribution < 1.29 is 4.79 Å². The fourth-order valence-corrected chi connectivity index (χ4v) is 2.19. The maximum Gasteiger partial charge on any atom is 0.211 e. The summed E-state index contributed by atoms with van der Waals surface area (Å²) in [7, 11) is 0. The Hall–Kier alpha value is -2.55. The molecule has 3 aromatic rings.